The number of aliphatic hydroxyl groups excluding tert-OH is 1. The van der Waals surface area contributed by atoms with E-state index in [9.17, 15) is 24.8 Å². The van der Waals surface area contributed by atoms with Crippen LogP contribution in [0.1, 0.15) is 22.2 Å². The first-order valence-corrected chi connectivity index (χ1v) is 8.01. The first-order valence-electron chi connectivity index (χ1n) is 8.01. The third-order valence-electron chi connectivity index (χ3n) is 4.23. The molecule has 1 atom stereocenters. The fraction of sp³-hybridized carbons (Fsp3) is 0.222. The minimum atomic E-state index is -0.995. The van der Waals surface area contributed by atoms with E-state index in [1.54, 1.807) is 6.07 Å². The molecular formula is C18H16N2O7. The molecule has 3 rings (SSSR count). The summed E-state index contributed by atoms with van der Waals surface area (Å²) in [5.74, 6) is -2.17. The number of nitro groups is 1. The van der Waals surface area contributed by atoms with E-state index >= 15 is 0 Å². The molecule has 0 saturated carbocycles. The smallest absolute Gasteiger partial charge is 0.290 e. The van der Waals surface area contributed by atoms with E-state index in [-0.39, 0.29) is 30.2 Å². The van der Waals surface area contributed by atoms with Crippen molar-refractivity contribution in [3.05, 3.63) is 75.4 Å². The van der Waals surface area contributed by atoms with Crippen LogP contribution in [0.5, 0.6) is 0 Å². The predicted molar refractivity (Wildman–Crippen MR) is 92.1 cm³/mol. The molecule has 27 heavy (non-hydrogen) atoms. The van der Waals surface area contributed by atoms with Crippen LogP contribution in [0, 0.1) is 10.1 Å². The Labute approximate surface area is 153 Å². The number of non-ortho nitro benzene ring substituents is 1. The van der Waals surface area contributed by atoms with Crippen molar-refractivity contribution in [2.75, 3.05) is 20.3 Å². The van der Waals surface area contributed by atoms with Crippen molar-refractivity contribution in [2.24, 2.45) is 0 Å². The van der Waals surface area contributed by atoms with E-state index in [0.717, 1.165) is 0 Å². The first kappa shape index (κ1) is 18.3. The number of nitro benzene ring substituents is 1. The quantitative estimate of drug-likeness (QED) is 0.450. The number of ether oxygens (including phenoxy) is 1. The fourth-order valence-electron chi connectivity index (χ4n) is 3.00. The summed E-state index contributed by atoms with van der Waals surface area (Å²) in [6.45, 7) is 0.244. The molecule has 0 radical (unpaired) electrons. The molecule has 0 aliphatic carbocycles. The maximum Gasteiger partial charge on any atom is 0.290 e. The molecule has 0 spiro atoms. The summed E-state index contributed by atoms with van der Waals surface area (Å²) in [7, 11) is 1.45. The maximum absolute atomic E-state index is 12.8. The predicted octanol–water partition coefficient (Wildman–Crippen LogP) is 2.41. The van der Waals surface area contributed by atoms with Crippen LogP contribution >= 0.6 is 0 Å². The molecule has 2 aromatic rings. The summed E-state index contributed by atoms with van der Waals surface area (Å²) < 4.78 is 10.1. The monoisotopic (exact) mass is 372 g/mol. The van der Waals surface area contributed by atoms with Gasteiger partial charge in [-0.15, -0.1) is 0 Å². The highest BCUT2D eigenvalue weighted by atomic mass is 16.6. The Morgan fingerprint density at radius 2 is 2.15 bits per heavy atom. The summed E-state index contributed by atoms with van der Waals surface area (Å²) in [5.41, 5.74) is -0.0537. The van der Waals surface area contributed by atoms with Gasteiger partial charge in [0.25, 0.3) is 11.6 Å². The number of aliphatic hydroxyl groups is 1. The molecule has 9 nitrogen and oxygen atoms in total. The van der Waals surface area contributed by atoms with Crippen LogP contribution in [0.25, 0.3) is 0 Å². The van der Waals surface area contributed by atoms with Gasteiger partial charge in [0.1, 0.15) is 0 Å². The molecule has 0 saturated heterocycles. The van der Waals surface area contributed by atoms with Gasteiger partial charge in [-0.05, 0) is 17.7 Å². The molecule has 2 heterocycles. The minimum Gasteiger partial charge on any atom is -0.503 e. The van der Waals surface area contributed by atoms with Crippen LogP contribution in [0.3, 0.4) is 0 Å². The van der Waals surface area contributed by atoms with Gasteiger partial charge in [0.05, 0.1) is 29.4 Å². The van der Waals surface area contributed by atoms with Gasteiger partial charge >= 0.3 is 0 Å². The van der Waals surface area contributed by atoms with E-state index in [1.165, 1.54) is 48.6 Å². The van der Waals surface area contributed by atoms with Crippen LogP contribution in [0.15, 0.2) is 58.4 Å². The van der Waals surface area contributed by atoms with Gasteiger partial charge in [0.15, 0.2) is 11.5 Å². The Bertz CT molecular complexity index is 918. The zero-order chi connectivity index (χ0) is 19.6. The second kappa shape index (κ2) is 7.42. The molecule has 1 amide bonds. The summed E-state index contributed by atoms with van der Waals surface area (Å²) in [4.78, 5) is 37.2. The minimum absolute atomic E-state index is 0.0478. The standard InChI is InChI=1S/C18H16N2O7/c1-26-9-7-19-15(11-4-2-5-12(10-11)20(24)25)14(17(22)18(19)23)16(21)13-6-3-8-27-13/h2-6,8,10,15,22H,7,9H2,1H3. The fourth-order valence-corrected chi connectivity index (χ4v) is 3.00. The number of furan rings is 1. The zero-order valence-corrected chi connectivity index (χ0v) is 14.3. The van der Waals surface area contributed by atoms with Crippen LogP contribution in [-0.4, -0.2) is 46.9 Å². The van der Waals surface area contributed by atoms with Gasteiger partial charge in [-0.3, -0.25) is 19.7 Å². The van der Waals surface area contributed by atoms with Crippen molar-refractivity contribution >= 4 is 17.4 Å². The molecule has 1 aromatic heterocycles. The number of benzene rings is 1. The van der Waals surface area contributed by atoms with Crippen LogP contribution in [-0.2, 0) is 9.53 Å². The summed E-state index contributed by atoms with van der Waals surface area (Å²) in [5, 5.41) is 21.5. The molecule has 1 unspecified atom stereocenters. The van der Waals surface area contributed by atoms with Crippen LogP contribution in [0.2, 0.25) is 0 Å². The van der Waals surface area contributed by atoms with E-state index in [2.05, 4.69) is 0 Å². The first-order chi connectivity index (χ1) is 13.0. The summed E-state index contributed by atoms with van der Waals surface area (Å²) >= 11 is 0. The molecule has 1 N–H and O–H groups in total. The molecule has 0 fully saturated rings. The molecular weight excluding hydrogens is 356 g/mol. The van der Waals surface area contributed by atoms with E-state index in [1.807, 2.05) is 0 Å². The lowest BCUT2D eigenvalue weighted by atomic mass is 9.95. The number of ketones is 1. The normalized spacial score (nSPS) is 16.9. The Morgan fingerprint density at radius 1 is 1.37 bits per heavy atom. The van der Waals surface area contributed by atoms with Gasteiger partial charge in [0.2, 0.25) is 5.78 Å². The number of carbonyl (C=O) groups is 2. The number of hydrogen-bond acceptors (Lipinski definition) is 7. The molecule has 1 aliphatic heterocycles. The highest BCUT2D eigenvalue weighted by molar-refractivity contribution is 6.15. The van der Waals surface area contributed by atoms with E-state index in [4.69, 9.17) is 9.15 Å². The lowest BCUT2D eigenvalue weighted by Gasteiger charge is -2.26. The maximum atomic E-state index is 12.8. The lowest BCUT2D eigenvalue weighted by molar-refractivity contribution is -0.384. The Morgan fingerprint density at radius 3 is 2.78 bits per heavy atom. The lowest BCUT2D eigenvalue weighted by Crippen LogP contribution is -2.34. The molecule has 9 heteroatoms. The molecule has 1 aromatic carbocycles. The molecule has 1 aliphatic rings. The Hall–Kier alpha value is -3.46. The third kappa shape index (κ3) is 3.32. The van der Waals surface area contributed by atoms with Gasteiger partial charge in [-0.25, -0.2) is 0 Å². The molecule has 0 bridgehead atoms. The molecule has 140 valence electrons. The number of Topliss-reactive ketones (excluding diaryl/α,β-unsaturated/α-hetero) is 1. The zero-order valence-electron chi connectivity index (χ0n) is 14.3. The van der Waals surface area contributed by atoms with Crippen molar-refractivity contribution < 1.29 is 28.8 Å². The van der Waals surface area contributed by atoms with Crippen molar-refractivity contribution in [2.45, 2.75) is 6.04 Å². The topological polar surface area (TPSA) is 123 Å². The number of methoxy groups -OCH3 is 1. The number of amides is 1. The SMILES string of the molecule is COCCN1C(=O)C(O)=C(C(=O)c2ccco2)C1c1cccc([N+](=O)[O-])c1. The van der Waals surface area contributed by atoms with Gasteiger partial charge in [0, 0.05) is 25.8 Å². The third-order valence-corrected chi connectivity index (χ3v) is 4.23. The summed E-state index contributed by atoms with van der Waals surface area (Å²) in [6, 6.07) is 7.51. The highest BCUT2D eigenvalue weighted by Crippen LogP contribution is 2.39. The number of nitrogens with zero attached hydrogens (tertiary/aromatic N) is 2. The van der Waals surface area contributed by atoms with Gasteiger partial charge < -0.3 is 19.2 Å². The number of rotatable bonds is 7. The number of hydrogen-bond donors (Lipinski definition) is 1. The Kier molecular flexibility index (Phi) is 5.04. The largest absolute Gasteiger partial charge is 0.503 e. The van der Waals surface area contributed by atoms with Crippen LogP contribution < -0.4 is 0 Å². The van der Waals surface area contributed by atoms with Gasteiger partial charge in [-0.2, -0.15) is 0 Å². The van der Waals surface area contributed by atoms with E-state index in [0.29, 0.717) is 5.56 Å². The second-order valence-corrected chi connectivity index (χ2v) is 5.81. The van der Waals surface area contributed by atoms with E-state index < -0.39 is 28.4 Å². The van der Waals surface area contributed by atoms with Crippen molar-refractivity contribution in [1.29, 1.82) is 0 Å². The number of carbonyl (C=O) groups excluding carboxylic acids is 2. The average molecular weight is 372 g/mol. The van der Waals surface area contributed by atoms with Crippen molar-refractivity contribution in [1.82, 2.24) is 4.90 Å². The second-order valence-electron chi connectivity index (χ2n) is 5.81. The summed E-state index contributed by atoms with van der Waals surface area (Å²) in [6.07, 6.45) is 1.30. The average Bonchev–Trinajstić information content (AvgIpc) is 3.28. The van der Waals surface area contributed by atoms with Crippen molar-refractivity contribution in [3.63, 3.8) is 0 Å². The van der Waals surface area contributed by atoms with Gasteiger partial charge in [-0.1, -0.05) is 12.1 Å². The highest BCUT2D eigenvalue weighted by Gasteiger charge is 2.44. The van der Waals surface area contributed by atoms with Crippen molar-refractivity contribution in [3.8, 4) is 0 Å². The van der Waals surface area contributed by atoms with Crippen LogP contribution in [0.4, 0.5) is 5.69 Å². The Balaban J connectivity index is 2.11.